The van der Waals surface area contributed by atoms with Gasteiger partial charge in [0, 0.05) is 32.7 Å². The van der Waals surface area contributed by atoms with Gasteiger partial charge in [-0.25, -0.2) is 0 Å². The minimum absolute atomic E-state index is 0. The van der Waals surface area contributed by atoms with E-state index in [2.05, 4.69) is 5.32 Å². The first-order valence-corrected chi connectivity index (χ1v) is 1.86. The second-order valence-electron chi connectivity index (χ2n) is 1.15. The molecule has 0 aliphatic heterocycles. The Morgan fingerprint density at radius 1 is 1.12 bits per heavy atom. The summed E-state index contributed by atoms with van der Waals surface area (Å²) in [6.07, 6.45) is 0. The largest absolute Gasteiger partial charge is 0.596 e. The molecule has 0 saturated heterocycles. The van der Waals surface area contributed by atoms with Crippen LogP contribution in [0, 0.1) is 0 Å². The average molecular weight is 189 g/mol. The van der Waals surface area contributed by atoms with Crippen LogP contribution in [0.5, 0.6) is 0 Å². The molecular formula is C4H6NO2Y-. The number of carbonyl (C=O) groups excluding carboxylic acids is 2. The summed E-state index contributed by atoms with van der Waals surface area (Å²) < 4.78 is 0. The topological polar surface area (TPSA) is 48.2 Å². The molecule has 1 radical (unpaired) electrons. The van der Waals surface area contributed by atoms with Crippen molar-refractivity contribution >= 4 is 11.8 Å². The van der Waals surface area contributed by atoms with Crippen LogP contribution < -0.4 is 0 Å². The average Bonchev–Trinajstić information content (AvgIpc) is 1.27. The molecule has 0 spiro atoms. The normalized spacial score (nSPS) is 6.75. The summed E-state index contributed by atoms with van der Waals surface area (Å²) in [7, 11) is 0. The Morgan fingerprint density at radius 3 is 1.38 bits per heavy atom. The fourth-order valence-corrected chi connectivity index (χ4v) is 0.222. The van der Waals surface area contributed by atoms with E-state index >= 15 is 0 Å². The molecule has 0 heterocycles. The van der Waals surface area contributed by atoms with Crippen molar-refractivity contribution in [1.82, 2.24) is 0 Å². The zero-order chi connectivity index (χ0) is 5.86. The second-order valence-corrected chi connectivity index (χ2v) is 1.15. The molecule has 0 fully saturated rings. The molecule has 0 aromatic heterocycles. The number of hydrogen-bond acceptors (Lipinski definition) is 2. The van der Waals surface area contributed by atoms with Crippen molar-refractivity contribution in [3.8, 4) is 0 Å². The van der Waals surface area contributed by atoms with E-state index in [-0.39, 0.29) is 32.7 Å². The second kappa shape index (κ2) is 5.38. The van der Waals surface area contributed by atoms with E-state index in [4.69, 9.17) is 0 Å². The smallest absolute Gasteiger partial charge is 0.0533 e. The van der Waals surface area contributed by atoms with E-state index in [1.165, 1.54) is 13.8 Å². The van der Waals surface area contributed by atoms with Gasteiger partial charge >= 0.3 is 0 Å². The molecule has 0 unspecified atom stereocenters. The molecule has 4 heteroatoms. The maximum absolute atomic E-state index is 9.87. The summed E-state index contributed by atoms with van der Waals surface area (Å²) in [5, 5.41) is 3.00. The number of imide groups is 1. The van der Waals surface area contributed by atoms with Gasteiger partial charge in [0.2, 0.25) is 0 Å². The van der Waals surface area contributed by atoms with Crippen LogP contribution in [-0.2, 0) is 42.3 Å². The van der Waals surface area contributed by atoms with Crippen molar-refractivity contribution < 1.29 is 42.3 Å². The van der Waals surface area contributed by atoms with Crippen LogP contribution in [0.25, 0.3) is 5.32 Å². The molecule has 0 saturated carbocycles. The number of carbonyl (C=O) groups is 2. The molecule has 43 valence electrons. The summed E-state index contributed by atoms with van der Waals surface area (Å²) in [6.45, 7) is 2.47. The minimum atomic E-state index is -0.437. The molecule has 0 bridgehead atoms. The van der Waals surface area contributed by atoms with E-state index in [1.54, 1.807) is 0 Å². The first-order valence-electron chi connectivity index (χ1n) is 1.86. The summed E-state index contributed by atoms with van der Waals surface area (Å²) in [6, 6.07) is 0. The molecule has 0 aromatic carbocycles. The molecular weight excluding hydrogens is 183 g/mol. The van der Waals surface area contributed by atoms with E-state index in [1.807, 2.05) is 0 Å². The predicted molar refractivity (Wildman–Crippen MR) is 24.7 cm³/mol. The number of rotatable bonds is 0. The summed E-state index contributed by atoms with van der Waals surface area (Å²) in [5.41, 5.74) is 0. The summed E-state index contributed by atoms with van der Waals surface area (Å²) >= 11 is 0. The fourth-order valence-electron chi connectivity index (χ4n) is 0.222. The molecule has 0 atom stereocenters. The zero-order valence-electron chi connectivity index (χ0n) is 4.84. The van der Waals surface area contributed by atoms with Crippen molar-refractivity contribution in [1.29, 1.82) is 0 Å². The van der Waals surface area contributed by atoms with Gasteiger partial charge in [0.05, 0.1) is 11.8 Å². The van der Waals surface area contributed by atoms with Crippen LogP contribution in [0.1, 0.15) is 13.8 Å². The van der Waals surface area contributed by atoms with Gasteiger partial charge in [-0.2, -0.15) is 0 Å². The molecule has 0 N–H and O–H groups in total. The molecule has 2 amide bonds. The fraction of sp³-hybridized carbons (Fsp3) is 0.500. The van der Waals surface area contributed by atoms with Gasteiger partial charge in [0.25, 0.3) is 0 Å². The third-order valence-electron chi connectivity index (χ3n) is 0.315. The van der Waals surface area contributed by atoms with Gasteiger partial charge in [-0.05, 0) is 13.8 Å². The van der Waals surface area contributed by atoms with Crippen LogP contribution in [-0.4, -0.2) is 11.8 Å². The minimum Gasteiger partial charge on any atom is -0.596 e. The summed E-state index contributed by atoms with van der Waals surface area (Å²) in [5.74, 6) is -0.875. The van der Waals surface area contributed by atoms with Crippen molar-refractivity contribution in [3.05, 3.63) is 5.32 Å². The number of amides is 2. The van der Waals surface area contributed by atoms with Gasteiger partial charge in [-0.1, -0.05) is 0 Å². The first kappa shape index (κ1) is 11.1. The van der Waals surface area contributed by atoms with Gasteiger partial charge < -0.3 is 14.9 Å². The van der Waals surface area contributed by atoms with Gasteiger partial charge in [-0.15, -0.1) is 0 Å². The maximum Gasteiger partial charge on any atom is 0.0533 e. The Balaban J connectivity index is 0. The van der Waals surface area contributed by atoms with Crippen molar-refractivity contribution in [2.45, 2.75) is 13.8 Å². The Bertz CT molecular complexity index is 90.2. The van der Waals surface area contributed by atoms with Crippen LogP contribution in [0.4, 0.5) is 0 Å². The molecule has 0 rings (SSSR count). The van der Waals surface area contributed by atoms with Gasteiger partial charge in [0.15, 0.2) is 0 Å². The summed E-state index contributed by atoms with van der Waals surface area (Å²) in [4.78, 5) is 19.7. The Labute approximate surface area is 73.1 Å². The van der Waals surface area contributed by atoms with E-state index < -0.39 is 11.8 Å². The first-order chi connectivity index (χ1) is 3.13. The SMILES string of the molecule is CC(=O)[N-]C(C)=O.[Y]. The third-order valence-corrected chi connectivity index (χ3v) is 0.315. The molecule has 0 aliphatic carbocycles. The van der Waals surface area contributed by atoms with E-state index in [0.717, 1.165) is 0 Å². The van der Waals surface area contributed by atoms with Crippen molar-refractivity contribution in [2.75, 3.05) is 0 Å². The molecule has 3 nitrogen and oxygen atoms in total. The Kier molecular flexibility index (Phi) is 7.46. The Hall–Kier alpha value is 0.244. The van der Waals surface area contributed by atoms with E-state index in [0.29, 0.717) is 0 Å². The van der Waals surface area contributed by atoms with Crippen molar-refractivity contribution in [3.63, 3.8) is 0 Å². The monoisotopic (exact) mass is 189 g/mol. The molecule has 0 aliphatic rings. The maximum atomic E-state index is 9.87. The van der Waals surface area contributed by atoms with Crippen LogP contribution >= 0.6 is 0 Å². The van der Waals surface area contributed by atoms with Crippen LogP contribution in [0.15, 0.2) is 0 Å². The zero-order valence-corrected chi connectivity index (χ0v) is 7.68. The van der Waals surface area contributed by atoms with Gasteiger partial charge in [-0.3, -0.25) is 0 Å². The van der Waals surface area contributed by atoms with Crippen LogP contribution in [0.2, 0.25) is 0 Å². The third kappa shape index (κ3) is 9.53. The van der Waals surface area contributed by atoms with Gasteiger partial charge in [0.1, 0.15) is 0 Å². The standard InChI is InChI=1S/C4H7NO2.Y/c1-3(6)5-4(2)7;/h1-2H3,(H,5,6,7);/p-1. The van der Waals surface area contributed by atoms with Crippen LogP contribution in [0.3, 0.4) is 0 Å². The number of hydrogen-bond donors (Lipinski definition) is 0. The predicted octanol–water partition coefficient (Wildman–Crippen LogP) is 0.451. The molecule has 0 aromatic rings. The quantitative estimate of drug-likeness (QED) is 0.555. The van der Waals surface area contributed by atoms with Crippen molar-refractivity contribution in [2.24, 2.45) is 0 Å². The Morgan fingerprint density at radius 2 is 1.38 bits per heavy atom. The van der Waals surface area contributed by atoms with E-state index in [9.17, 15) is 9.59 Å². The number of nitrogens with zero attached hydrogens (tertiary/aromatic N) is 1. The molecule has 8 heavy (non-hydrogen) atoms.